The fourth-order valence-corrected chi connectivity index (χ4v) is 3.12. The van der Waals surface area contributed by atoms with Gasteiger partial charge in [-0.15, -0.1) is 11.3 Å². The van der Waals surface area contributed by atoms with Gasteiger partial charge in [0, 0.05) is 12.0 Å². The minimum atomic E-state index is -4.38. The molecule has 0 atom stereocenters. The molecule has 20 heavy (non-hydrogen) atoms. The molecule has 0 aliphatic rings. The number of carbonyl (C=O) groups excluding carboxylic acids is 1. The van der Waals surface area contributed by atoms with Crippen LogP contribution in [0.5, 0.6) is 0 Å². The first-order valence-corrected chi connectivity index (χ1v) is 6.99. The zero-order valence-corrected chi connectivity index (χ0v) is 12.1. The normalized spacial score (nSPS) is 11.7. The van der Waals surface area contributed by atoms with Gasteiger partial charge in [-0.1, -0.05) is 35.3 Å². The minimum Gasteiger partial charge on any atom is -0.294 e. The van der Waals surface area contributed by atoms with Crippen LogP contribution in [0.1, 0.15) is 21.5 Å². The Morgan fingerprint density at radius 1 is 1.15 bits per heavy atom. The van der Waals surface area contributed by atoms with Gasteiger partial charge in [0.15, 0.2) is 5.78 Å². The van der Waals surface area contributed by atoms with Crippen molar-refractivity contribution in [3.8, 4) is 0 Å². The Morgan fingerprint density at radius 3 is 2.20 bits per heavy atom. The van der Waals surface area contributed by atoms with Crippen molar-refractivity contribution < 1.29 is 18.0 Å². The maximum absolute atomic E-state index is 12.4. The Morgan fingerprint density at radius 2 is 1.75 bits per heavy atom. The van der Waals surface area contributed by atoms with Gasteiger partial charge >= 0.3 is 6.18 Å². The van der Waals surface area contributed by atoms with Gasteiger partial charge in [0.2, 0.25) is 0 Å². The molecule has 1 heterocycles. The van der Waals surface area contributed by atoms with E-state index in [2.05, 4.69) is 0 Å². The Bertz CT molecular complexity index is 632. The van der Waals surface area contributed by atoms with Gasteiger partial charge in [0.1, 0.15) is 4.34 Å². The average Bonchev–Trinajstić information content (AvgIpc) is 2.68. The van der Waals surface area contributed by atoms with Gasteiger partial charge in [-0.3, -0.25) is 4.79 Å². The van der Waals surface area contributed by atoms with Gasteiger partial charge in [0.05, 0.1) is 9.90 Å². The molecule has 0 radical (unpaired) electrons. The van der Waals surface area contributed by atoms with E-state index in [4.69, 9.17) is 23.2 Å². The molecule has 0 bridgehead atoms. The van der Waals surface area contributed by atoms with Gasteiger partial charge < -0.3 is 0 Å². The van der Waals surface area contributed by atoms with Crippen molar-refractivity contribution in [1.82, 2.24) is 0 Å². The van der Waals surface area contributed by atoms with Crippen LogP contribution in [0.2, 0.25) is 8.67 Å². The second-order valence-corrected chi connectivity index (χ2v) is 6.32. The summed E-state index contributed by atoms with van der Waals surface area (Å²) in [7, 11) is 0. The topological polar surface area (TPSA) is 17.1 Å². The van der Waals surface area contributed by atoms with E-state index in [1.165, 1.54) is 18.2 Å². The van der Waals surface area contributed by atoms with Crippen molar-refractivity contribution >= 4 is 40.3 Å². The number of ketones is 1. The standard InChI is InChI=1S/C13H7Cl2F3OS/c14-11-6-9(12(15)20-11)10(19)5-7-1-3-8(4-2-7)13(16,17)18/h1-4,6H,5H2. The number of halogens is 5. The number of thiophene rings is 1. The van der Waals surface area contributed by atoms with Gasteiger partial charge in [0.25, 0.3) is 0 Å². The molecule has 2 aromatic rings. The highest BCUT2D eigenvalue weighted by Gasteiger charge is 2.30. The lowest BCUT2D eigenvalue weighted by molar-refractivity contribution is -0.137. The summed E-state index contributed by atoms with van der Waals surface area (Å²) >= 11 is 12.7. The van der Waals surface area contributed by atoms with Crippen LogP contribution < -0.4 is 0 Å². The second-order valence-electron chi connectivity index (χ2n) is 4.03. The average molecular weight is 339 g/mol. The fraction of sp³-hybridized carbons (Fsp3) is 0.154. The van der Waals surface area contributed by atoms with Crippen LogP contribution in [-0.2, 0) is 12.6 Å². The lowest BCUT2D eigenvalue weighted by Crippen LogP contribution is -2.06. The summed E-state index contributed by atoms with van der Waals surface area (Å²) in [6.07, 6.45) is -4.41. The minimum absolute atomic E-state index is 0.0229. The van der Waals surface area contributed by atoms with Crippen LogP contribution in [0.25, 0.3) is 0 Å². The zero-order valence-electron chi connectivity index (χ0n) is 9.80. The molecule has 2 rings (SSSR count). The first-order chi connectivity index (χ1) is 9.27. The summed E-state index contributed by atoms with van der Waals surface area (Å²) in [5, 5.41) is 0. The molecule has 1 aromatic carbocycles. The van der Waals surface area contributed by atoms with E-state index in [1.54, 1.807) is 0 Å². The third-order valence-electron chi connectivity index (χ3n) is 2.60. The molecule has 0 aliphatic heterocycles. The molecule has 0 saturated heterocycles. The number of rotatable bonds is 3. The summed E-state index contributed by atoms with van der Waals surface area (Å²) in [5.41, 5.74) is 0.0354. The maximum atomic E-state index is 12.4. The monoisotopic (exact) mass is 338 g/mol. The van der Waals surface area contributed by atoms with E-state index in [1.807, 2.05) is 0 Å². The van der Waals surface area contributed by atoms with Crippen molar-refractivity contribution in [2.24, 2.45) is 0 Å². The van der Waals surface area contributed by atoms with Gasteiger partial charge in [-0.05, 0) is 23.8 Å². The third kappa shape index (κ3) is 3.53. The molecule has 1 aromatic heterocycles. The smallest absolute Gasteiger partial charge is 0.294 e. The van der Waals surface area contributed by atoms with E-state index in [0.717, 1.165) is 23.5 Å². The molecule has 106 valence electrons. The Balaban J connectivity index is 2.14. The van der Waals surface area contributed by atoms with Gasteiger partial charge in [-0.25, -0.2) is 0 Å². The fourth-order valence-electron chi connectivity index (χ4n) is 1.62. The predicted octanol–water partition coefficient (Wildman–Crippen LogP) is 5.50. The van der Waals surface area contributed by atoms with Crippen molar-refractivity contribution in [1.29, 1.82) is 0 Å². The Labute approximate surface area is 126 Å². The highest BCUT2D eigenvalue weighted by molar-refractivity contribution is 7.20. The van der Waals surface area contributed by atoms with Crippen LogP contribution in [0.15, 0.2) is 30.3 Å². The van der Waals surface area contributed by atoms with E-state index in [0.29, 0.717) is 15.5 Å². The SMILES string of the molecule is O=C(Cc1ccc(C(F)(F)F)cc1)c1cc(Cl)sc1Cl. The molecule has 0 amide bonds. The lowest BCUT2D eigenvalue weighted by Gasteiger charge is -2.07. The molecule has 0 N–H and O–H groups in total. The van der Waals surface area contributed by atoms with Crippen molar-refractivity contribution in [2.75, 3.05) is 0 Å². The van der Waals surface area contributed by atoms with Crippen LogP contribution >= 0.6 is 34.5 Å². The second kappa shape index (κ2) is 5.76. The Hall–Kier alpha value is -1.04. The number of Topliss-reactive ketones (excluding diaryl/α,β-unsaturated/α-hetero) is 1. The van der Waals surface area contributed by atoms with E-state index >= 15 is 0 Å². The van der Waals surface area contributed by atoms with Crippen LogP contribution in [0.3, 0.4) is 0 Å². The molecule has 0 fully saturated rings. The molecular weight excluding hydrogens is 332 g/mol. The summed E-state index contributed by atoms with van der Waals surface area (Å²) in [4.78, 5) is 12.0. The van der Waals surface area contributed by atoms with Crippen LogP contribution in [-0.4, -0.2) is 5.78 Å². The highest BCUT2D eigenvalue weighted by Crippen LogP contribution is 2.32. The Kier molecular flexibility index (Phi) is 4.42. The largest absolute Gasteiger partial charge is 0.416 e. The van der Waals surface area contributed by atoms with E-state index < -0.39 is 11.7 Å². The van der Waals surface area contributed by atoms with Crippen molar-refractivity contribution in [3.63, 3.8) is 0 Å². The molecule has 1 nitrogen and oxygen atoms in total. The van der Waals surface area contributed by atoms with Crippen molar-refractivity contribution in [3.05, 3.63) is 55.7 Å². The predicted molar refractivity (Wildman–Crippen MR) is 73.8 cm³/mol. The number of hydrogen-bond donors (Lipinski definition) is 0. The van der Waals surface area contributed by atoms with E-state index in [9.17, 15) is 18.0 Å². The number of alkyl halides is 3. The number of hydrogen-bond acceptors (Lipinski definition) is 2. The molecule has 0 saturated carbocycles. The van der Waals surface area contributed by atoms with Crippen LogP contribution in [0.4, 0.5) is 13.2 Å². The zero-order chi connectivity index (χ0) is 14.9. The van der Waals surface area contributed by atoms with Crippen LogP contribution in [0, 0.1) is 0 Å². The maximum Gasteiger partial charge on any atom is 0.416 e. The van der Waals surface area contributed by atoms with Gasteiger partial charge in [-0.2, -0.15) is 13.2 Å². The molecule has 0 unspecified atom stereocenters. The summed E-state index contributed by atoms with van der Waals surface area (Å²) in [6, 6.07) is 5.92. The number of carbonyl (C=O) groups is 1. The first-order valence-electron chi connectivity index (χ1n) is 5.41. The molecule has 0 aliphatic carbocycles. The summed E-state index contributed by atoms with van der Waals surface area (Å²) in [6.45, 7) is 0. The van der Waals surface area contributed by atoms with Crippen molar-refractivity contribution in [2.45, 2.75) is 12.6 Å². The molecule has 7 heteroatoms. The highest BCUT2D eigenvalue weighted by atomic mass is 35.5. The summed E-state index contributed by atoms with van der Waals surface area (Å²) < 4.78 is 37.9. The lowest BCUT2D eigenvalue weighted by atomic mass is 10.0. The summed E-state index contributed by atoms with van der Waals surface area (Å²) in [5.74, 6) is -0.280. The third-order valence-corrected chi connectivity index (χ3v) is 4.09. The number of benzene rings is 1. The first kappa shape index (κ1) is 15.4. The van der Waals surface area contributed by atoms with E-state index in [-0.39, 0.29) is 16.5 Å². The molecular formula is C13H7Cl2F3OS. The quantitative estimate of drug-likeness (QED) is 0.675. The molecule has 0 spiro atoms.